The molecule has 38 heavy (non-hydrogen) atoms. The molecule has 0 aliphatic rings. The number of urea groups is 1. The van der Waals surface area contributed by atoms with Gasteiger partial charge in [-0.1, -0.05) is 18.2 Å². The van der Waals surface area contributed by atoms with Gasteiger partial charge >= 0.3 is 6.03 Å². The lowest BCUT2D eigenvalue weighted by molar-refractivity contribution is 0.262. The Morgan fingerprint density at radius 3 is 2.50 bits per heavy atom. The number of rotatable bonds is 6. The summed E-state index contributed by atoms with van der Waals surface area (Å²) in [4.78, 5) is 17.1. The van der Waals surface area contributed by atoms with Crippen molar-refractivity contribution in [3.63, 3.8) is 0 Å². The molecule has 0 saturated heterocycles. The molecule has 5 aromatic rings. The van der Waals surface area contributed by atoms with E-state index in [-0.39, 0.29) is 10.6 Å². The number of carbonyl (C=O) groups excluding carboxylic acids is 1. The highest BCUT2D eigenvalue weighted by Crippen LogP contribution is 2.32. The van der Waals surface area contributed by atoms with Crippen LogP contribution in [0.5, 0.6) is 5.75 Å². The monoisotopic (exact) mass is 531 g/mol. The summed E-state index contributed by atoms with van der Waals surface area (Å²) in [5.74, 6) is 0.0184. The summed E-state index contributed by atoms with van der Waals surface area (Å²) < 4.78 is 43.7. The summed E-state index contributed by atoms with van der Waals surface area (Å²) in [6.45, 7) is 0. The molecule has 0 aliphatic heterocycles. The average Bonchev–Trinajstić information content (AvgIpc) is 3.31. The second-order valence-electron chi connectivity index (χ2n) is 8.53. The lowest BCUT2D eigenvalue weighted by atomic mass is 10.0. The molecule has 0 unspecified atom stereocenters. The van der Waals surface area contributed by atoms with E-state index in [1.165, 1.54) is 25.3 Å². The molecule has 0 bridgehead atoms. The molecule has 0 spiro atoms. The summed E-state index contributed by atoms with van der Waals surface area (Å²) in [5.41, 5.74) is 3.39. The first-order valence-corrected chi connectivity index (χ1v) is 13.3. The lowest BCUT2D eigenvalue weighted by Crippen LogP contribution is -2.19. The van der Waals surface area contributed by atoms with Crippen LogP contribution in [0.1, 0.15) is 0 Å². The minimum atomic E-state index is -3.39. The predicted molar refractivity (Wildman–Crippen MR) is 143 cm³/mol. The maximum absolute atomic E-state index is 14.6. The van der Waals surface area contributed by atoms with Crippen molar-refractivity contribution in [1.29, 1.82) is 0 Å². The lowest BCUT2D eigenvalue weighted by Gasteiger charge is -2.10. The molecule has 0 fully saturated rings. The molecular weight excluding hydrogens is 509 g/mol. The third-order valence-corrected chi connectivity index (χ3v) is 6.89. The third kappa shape index (κ3) is 5.32. The molecule has 192 valence electrons. The van der Waals surface area contributed by atoms with E-state index in [9.17, 15) is 17.6 Å². The Labute approximate surface area is 217 Å². The quantitative estimate of drug-likeness (QED) is 0.266. The number of benzene rings is 3. The number of nitrogens with zero attached hydrogens (tertiary/aromatic N) is 2. The van der Waals surface area contributed by atoms with Crippen molar-refractivity contribution in [2.75, 3.05) is 24.0 Å². The fourth-order valence-corrected chi connectivity index (χ4v) is 4.65. The number of halogens is 1. The van der Waals surface area contributed by atoms with Crippen molar-refractivity contribution in [3.05, 3.63) is 84.8 Å². The van der Waals surface area contributed by atoms with Crippen molar-refractivity contribution in [2.24, 2.45) is 0 Å². The normalized spacial score (nSPS) is 11.3. The van der Waals surface area contributed by atoms with Gasteiger partial charge in [0.15, 0.2) is 15.5 Å². The molecule has 9 nitrogen and oxygen atoms in total. The van der Waals surface area contributed by atoms with Crippen LogP contribution in [0.4, 0.5) is 20.6 Å². The first-order valence-electron chi connectivity index (χ1n) is 11.4. The zero-order valence-corrected chi connectivity index (χ0v) is 21.1. The van der Waals surface area contributed by atoms with E-state index in [1.807, 2.05) is 0 Å². The van der Waals surface area contributed by atoms with Crippen molar-refractivity contribution in [1.82, 2.24) is 15.2 Å². The van der Waals surface area contributed by atoms with Gasteiger partial charge in [0, 0.05) is 46.4 Å². The molecule has 0 atom stereocenters. The van der Waals surface area contributed by atoms with E-state index in [0.717, 1.165) is 6.26 Å². The molecular formula is C27H22FN5O4S. The molecule has 5 rings (SSSR count). The minimum Gasteiger partial charge on any atom is -0.497 e. The Bertz CT molecular complexity index is 1790. The predicted octanol–water partition coefficient (Wildman–Crippen LogP) is 5.49. The highest BCUT2D eigenvalue weighted by atomic mass is 32.2. The second-order valence-corrected chi connectivity index (χ2v) is 10.5. The van der Waals surface area contributed by atoms with Crippen LogP contribution in [0, 0.1) is 5.82 Å². The van der Waals surface area contributed by atoms with Gasteiger partial charge in [0.25, 0.3) is 0 Å². The highest BCUT2D eigenvalue weighted by molar-refractivity contribution is 7.90. The minimum absolute atomic E-state index is 0.190. The number of aromatic amines is 1. The van der Waals surface area contributed by atoms with Crippen molar-refractivity contribution < 1.29 is 22.3 Å². The van der Waals surface area contributed by atoms with Gasteiger partial charge < -0.3 is 15.4 Å². The Morgan fingerprint density at radius 1 is 0.921 bits per heavy atom. The van der Waals surface area contributed by atoms with Gasteiger partial charge in [-0.05, 0) is 54.1 Å². The second kappa shape index (κ2) is 9.94. The van der Waals surface area contributed by atoms with Gasteiger partial charge in [-0.25, -0.2) is 22.6 Å². The summed E-state index contributed by atoms with van der Waals surface area (Å²) in [7, 11) is -1.86. The van der Waals surface area contributed by atoms with Crippen LogP contribution in [0.15, 0.2) is 83.9 Å². The van der Waals surface area contributed by atoms with Gasteiger partial charge in [-0.2, -0.15) is 5.10 Å². The van der Waals surface area contributed by atoms with E-state index < -0.39 is 21.7 Å². The Balaban J connectivity index is 1.46. The van der Waals surface area contributed by atoms with E-state index in [1.54, 1.807) is 60.8 Å². The van der Waals surface area contributed by atoms with Crippen LogP contribution in [-0.2, 0) is 9.84 Å². The molecule has 2 heterocycles. The number of hydrogen-bond acceptors (Lipinski definition) is 6. The SMILES string of the molecule is COc1cccc(NC(=O)Nc2cc(F)cc(-c3[nH]nc4ncc(-c5cccc(S(C)(=O)=O)c5)cc34)c2)c1. The average molecular weight is 532 g/mol. The van der Waals surface area contributed by atoms with E-state index in [2.05, 4.69) is 25.8 Å². The number of amides is 2. The number of pyridine rings is 1. The number of H-pyrrole nitrogens is 1. The van der Waals surface area contributed by atoms with Gasteiger partial charge in [-0.15, -0.1) is 0 Å². The number of methoxy groups -OCH3 is 1. The molecule has 3 aromatic carbocycles. The zero-order chi connectivity index (χ0) is 26.9. The molecule has 0 radical (unpaired) electrons. The van der Waals surface area contributed by atoms with Gasteiger partial charge in [-0.3, -0.25) is 5.10 Å². The van der Waals surface area contributed by atoms with Gasteiger partial charge in [0.2, 0.25) is 0 Å². The van der Waals surface area contributed by atoms with Crippen LogP contribution >= 0.6 is 0 Å². The van der Waals surface area contributed by atoms with E-state index >= 15 is 0 Å². The molecule has 3 N–H and O–H groups in total. The number of aromatic nitrogens is 3. The van der Waals surface area contributed by atoms with Crippen LogP contribution in [-0.4, -0.2) is 43.0 Å². The van der Waals surface area contributed by atoms with Crippen LogP contribution in [0.2, 0.25) is 0 Å². The number of ether oxygens (including phenoxy) is 1. The van der Waals surface area contributed by atoms with Crippen molar-refractivity contribution in [3.8, 4) is 28.1 Å². The molecule has 11 heteroatoms. The first kappa shape index (κ1) is 24.9. The summed E-state index contributed by atoms with van der Waals surface area (Å²) >= 11 is 0. The molecule has 2 aromatic heterocycles. The molecule has 0 saturated carbocycles. The molecule has 0 aliphatic carbocycles. The summed E-state index contributed by atoms with van der Waals surface area (Å²) in [5, 5.41) is 13.0. The van der Waals surface area contributed by atoms with E-state index in [0.29, 0.717) is 44.9 Å². The largest absolute Gasteiger partial charge is 0.497 e. The van der Waals surface area contributed by atoms with Crippen molar-refractivity contribution in [2.45, 2.75) is 4.90 Å². The maximum atomic E-state index is 14.6. The van der Waals surface area contributed by atoms with Crippen LogP contribution in [0.25, 0.3) is 33.4 Å². The smallest absolute Gasteiger partial charge is 0.323 e. The zero-order valence-electron chi connectivity index (χ0n) is 20.3. The van der Waals surface area contributed by atoms with Crippen LogP contribution < -0.4 is 15.4 Å². The van der Waals surface area contributed by atoms with Gasteiger partial charge in [0.1, 0.15) is 11.6 Å². The van der Waals surface area contributed by atoms with Crippen LogP contribution in [0.3, 0.4) is 0 Å². The fourth-order valence-electron chi connectivity index (χ4n) is 3.98. The maximum Gasteiger partial charge on any atom is 0.323 e. The number of anilines is 2. The highest BCUT2D eigenvalue weighted by Gasteiger charge is 2.15. The Kier molecular flexibility index (Phi) is 6.52. The third-order valence-electron chi connectivity index (χ3n) is 5.78. The standard InChI is InChI=1S/C27H22FN5O4S/c1-37-22-7-4-6-20(14-22)30-27(34)31-21-10-17(9-19(28)13-21)25-24-12-18(15-29-26(24)33-32-25)16-5-3-8-23(11-16)38(2,35)36/h3-15H,1-2H3,(H,29,32,33)(H2,30,31,34). The topological polar surface area (TPSA) is 126 Å². The Hall–Kier alpha value is -4.77. The Morgan fingerprint density at radius 2 is 1.71 bits per heavy atom. The summed E-state index contributed by atoms with van der Waals surface area (Å²) in [6, 6.07) is 18.8. The molecule has 2 amide bonds. The van der Waals surface area contributed by atoms with Gasteiger partial charge in [0.05, 0.1) is 17.7 Å². The number of carbonyl (C=O) groups is 1. The fraction of sp³-hybridized carbons (Fsp3) is 0.0741. The van der Waals surface area contributed by atoms with E-state index in [4.69, 9.17) is 4.74 Å². The number of sulfone groups is 1. The first-order chi connectivity index (χ1) is 18.2. The van der Waals surface area contributed by atoms with Crippen molar-refractivity contribution >= 4 is 38.3 Å². The number of hydrogen-bond donors (Lipinski definition) is 3. The number of nitrogens with one attached hydrogen (secondary N) is 3. The number of fused-ring (bicyclic) bond motifs is 1. The summed E-state index contributed by atoms with van der Waals surface area (Å²) in [6.07, 6.45) is 2.74.